The smallest absolute Gasteiger partial charge is 0.373 e. The fourth-order valence-electron chi connectivity index (χ4n) is 3.02. The summed E-state index contributed by atoms with van der Waals surface area (Å²) in [6.07, 6.45) is 1.16. The summed E-state index contributed by atoms with van der Waals surface area (Å²) in [7, 11) is 0. The summed E-state index contributed by atoms with van der Waals surface area (Å²) in [5, 5.41) is 12.5. The summed E-state index contributed by atoms with van der Waals surface area (Å²) in [6.45, 7) is 2.33. The lowest BCUT2D eigenvalue weighted by Crippen LogP contribution is -2.17. The first-order valence-electron chi connectivity index (χ1n) is 6.76. The fourth-order valence-corrected chi connectivity index (χ4v) is 3.02. The van der Waals surface area contributed by atoms with Crippen LogP contribution in [-0.4, -0.2) is 23.7 Å². The lowest BCUT2D eigenvalue weighted by Gasteiger charge is -2.16. The fraction of sp³-hybridized carbons (Fsp3) is 0.467. The highest BCUT2D eigenvalue weighted by Gasteiger charge is 2.34. The molecule has 21 heavy (non-hydrogen) atoms. The second-order valence-electron chi connectivity index (χ2n) is 5.35. The van der Waals surface area contributed by atoms with Crippen molar-refractivity contribution in [3.05, 3.63) is 34.6 Å². The number of aryl methyl sites for hydroxylation is 1. The maximum absolute atomic E-state index is 14.1. The van der Waals surface area contributed by atoms with E-state index in [-0.39, 0.29) is 29.7 Å². The number of halogens is 1. The quantitative estimate of drug-likeness (QED) is 0.811. The summed E-state index contributed by atoms with van der Waals surface area (Å²) in [4.78, 5) is 27.7. The van der Waals surface area contributed by atoms with Crippen LogP contribution < -0.4 is 5.32 Å². The molecule has 2 aliphatic rings. The molecule has 3 rings (SSSR count). The Morgan fingerprint density at radius 3 is 2.57 bits per heavy atom. The van der Waals surface area contributed by atoms with Gasteiger partial charge in [-0.25, -0.2) is 4.39 Å². The van der Waals surface area contributed by atoms with Crippen LogP contribution in [0.1, 0.15) is 42.1 Å². The Morgan fingerprint density at radius 2 is 2.00 bits per heavy atom. The third-order valence-electron chi connectivity index (χ3n) is 4.22. The lowest BCUT2D eigenvalue weighted by atomic mass is 9.88. The lowest BCUT2D eigenvalue weighted by molar-refractivity contribution is -0.191. The zero-order valence-corrected chi connectivity index (χ0v) is 11.6. The zero-order valence-electron chi connectivity index (χ0n) is 11.6. The molecule has 0 saturated carbocycles. The molecule has 1 aromatic carbocycles. The minimum Gasteiger partial charge on any atom is -0.388 e. The van der Waals surface area contributed by atoms with E-state index < -0.39 is 6.10 Å². The van der Waals surface area contributed by atoms with E-state index in [9.17, 15) is 14.3 Å². The zero-order chi connectivity index (χ0) is 15.6. The average Bonchev–Trinajstić information content (AvgIpc) is 2.96. The van der Waals surface area contributed by atoms with Gasteiger partial charge in [0, 0.05) is 18.4 Å². The molecular weight excluding hydrogens is 277 g/mol. The molecule has 1 aliphatic carbocycles. The number of aliphatic hydroxyl groups is 1. The maximum Gasteiger partial charge on any atom is 0.373 e. The van der Waals surface area contributed by atoms with Gasteiger partial charge in [0.25, 0.3) is 0 Å². The molecule has 1 fully saturated rings. The Morgan fingerprint density at radius 1 is 1.33 bits per heavy atom. The van der Waals surface area contributed by atoms with Crippen molar-refractivity contribution in [3.63, 3.8) is 0 Å². The summed E-state index contributed by atoms with van der Waals surface area (Å²) in [5.74, 6) is -0.604. The molecule has 0 spiro atoms. The Kier molecular flexibility index (Phi) is 4.50. The third-order valence-corrected chi connectivity index (χ3v) is 4.22. The minimum atomic E-state index is -0.538. The van der Waals surface area contributed by atoms with Gasteiger partial charge in [-0.15, -0.1) is 0 Å². The predicted molar refractivity (Wildman–Crippen MR) is 69.6 cm³/mol. The Balaban J connectivity index is 0.000000497. The first-order chi connectivity index (χ1) is 9.99. The van der Waals surface area contributed by atoms with Gasteiger partial charge in [-0.3, -0.25) is 4.79 Å². The van der Waals surface area contributed by atoms with Crippen LogP contribution in [0.4, 0.5) is 4.39 Å². The van der Waals surface area contributed by atoms with E-state index in [4.69, 9.17) is 9.59 Å². The molecule has 1 unspecified atom stereocenters. The van der Waals surface area contributed by atoms with Crippen molar-refractivity contribution in [1.82, 2.24) is 5.32 Å². The Bertz CT molecular complexity index is 596. The first-order valence-corrected chi connectivity index (χ1v) is 6.76. The molecule has 1 amide bonds. The molecule has 1 aliphatic heterocycles. The number of nitrogens with one attached hydrogen (secondary N) is 1. The van der Waals surface area contributed by atoms with E-state index >= 15 is 0 Å². The number of hydrogen-bond acceptors (Lipinski definition) is 4. The highest BCUT2D eigenvalue weighted by Crippen LogP contribution is 2.37. The SMILES string of the molecule is C[C@@H]1C(=O)NC[C@H]1c1cc2c(cc1F)C(O)CC2.O=C=O. The molecule has 1 saturated heterocycles. The second-order valence-corrected chi connectivity index (χ2v) is 5.35. The maximum atomic E-state index is 14.1. The van der Waals surface area contributed by atoms with Crippen LogP contribution in [-0.2, 0) is 20.8 Å². The van der Waals surface area contributed by atoms with Crippen LogP contribution in [0.5, 0.6) is 0 Å². The second kappa shape index (κ2) is 6.16. The minimum absolute atomic E-state index is 0.0140. The summed E-state index contributed by atoms with van der Waals surface area (Å²) in [5.41, 5.74) is 2.33. The van der Waals surface area contributed by atoms with Crippen LogP contribution in [0.3, 0.4) is 0 Å². The van der Waals surface area contributed by atoms with Crippen molar-refractivity contribution in [2.45, 2.75) is 31.8 Å². The van der Waals surface area contributed by atoms with Gasteiger partial charge in [0.2, 0.25) is 5.91 Å². The number of benzene rings is 1. The topological polar surface area (TPSA) is 83.5 Å². The van der Waals surface area contributed by atoms with Crippen molar-refractivity contribution in [2.75, 3.05) is 6.54 Å². The molecule has 0 aromatic heterocycles. The van der Waals surface area contributed by atoms with Crippen molar-refractivity contribution < 1.29 is 23.9 Å². The van der Waals surface area contributed by atoms with Gasteiger partial charge in [0.15, 0.2) is 0 Å². The van der Waals surface area contributed by atoms with Gasteiger partial charge >= 0.3 is 6.15 Å². The van der Waals surface area contributed by atoms with Crippen molar-refractivity contribution in [3.8, 4) is 0 Å². The van der Waals surface area contributed by atoms with Crippen LogP contribution in [0.15, 0.2) is 12.1 Å². The predicted octanol–water partition coefficient (Wildman–Crippen LogP) is 1.07. The highest BCUT2D eigenvalue weighted by molar-refractivity contribution is 5.82. The van der Waals surface area contributed by atoms with E-state index in [1.807, 2.05) is 13.0 Å². The molecule has 112 valence electrons. The number of amides is 1. The monoisotopic (exact) mass is 293 g/mol. The van der Waals surface area contributed by atoms with Gasteiger partial charge < -0.3 is 10.4 Å². The molecule has 1 aromatic rings. The number of hydrogen-bond donors (Lipinski definition) is 2. The molecule has 1 heterocycles. The summed E-state index contributed by atoms with van der Waals surface area (Å²) < 4.78 is 14.1. The van der Waals surface area contributed by atoms with E-state index in [1.54, 1.807) is 0 Å². The summed E-state index contributed by atoms with van der Waals surface area (Å²) in [6, 6.07) is 3.28. The largest absolute Gasteiger partial charge is 0.388 e. The van der Waals surface area contributed by atoms with Gasteiger partial charge in [0.1, 0.15) is 5.82 Å². The van der Waals surface area contributed by atoms with Crippen LogP contribution >= 0.6 is 0 Å². The number of fused-ring (bicyclic) bond motifs is 1. The van der Waals surface area contributed by atoms with E-state index in [0.29, 0.717) is 24.1 Å². The molecule has 0 bridgehead atoms. The van der Waals surface area contributed by atoms with Crippen LogP contribution in [0, 0.1) is 11.7 Å². The van der Waals surface area contributed by atoms with E-state index in [1.165, 1.54) is 6.07 Å². The molecule has 0 radical (unpaired) electrons. The number of carbonyl (C=O) groups excluding carboxylic acids is 3. The van der Waals surface area contributed by atoms with Gasteiger partial charge in [-0.2, -0.15) is 9.59 Å². The van der Waals surface area contributed by atoms with Crippen LogP contribution in [0.25, 0.3) is 0 Å². The molecular formula is C15H16FNO4. The number of aliphatic hydroxyl groups excluding tert-OH is 1. The van der Waals surface area contributed by atoms with E-state index in [2.05, 4.69) is 5.32 Å². The summed E-state index contributed by atoms with van der Waals surface area (Å²) >= 11 is 0. The van der Waals surface area contributed by atoms with E-state index in [0.717, 1.165) is 12.0 Å². The van der Waals surface area contributed by atoms with Crippen molar-refractivity contribution in [2.24, 2.45) is 5.92 Å². The third kappa shape index (κ3) is 2.86. The van der Waals surface area contributed by atoms with Crippen molar-refractivity contribution >= 4 is 12.1 Å². The van der Waals surface area contributed by atoms with Crippen LogP contribution in [0.2, 0.25) is 0 Å². The molecule has 5 nitrogen and oxygen atoms in total. The molecule has 6 heteroatoms. The number of carbonyl (C=O) groups is 1. The molecule has 3 atom stereocenters. The van der Waals surface area contributed by atoms with Crippen molar-refractivity contribution in [1.29, 1.82) is 0 Å². The normalized spacial score (nSPS) is 26.4. The standard InChI is InChI=1S/C14H16FNO2.CO2/c1-7-11(6-16-14(7)18)10-4-8-2-3-13(17)9(8)5-12(10)15;2-1-3/h4-5,7,11,13,17H,2-3,6H2,1H3,(H,16,18);/t7-,11+,13?;/m0./s1. The Labute approximate surface area is 121 Å². The van der Waals surface area contributed by atoms with Gasteiger partial charge in [0.05, 0.1) is 6.10 Å². The highest BCUT2D eigenvalue weighted by atomic mass is 19.1. The first kappa shape index (κ1) is 15.4. The van der Waals surface area contributed by atoms with Gasteiger partial charge in [-0.1, -0.05) is 13.0 Å². The van der Waals surface area contributed by atoms with Gasteiger partial charge in [-0.05, 0) is 35.6 Å². The molecule has 2 N–H and O–H groups in total. The number of rotatable bonds is 1. The Hall–Kier alpha value is -2.04. The average molecular weight is 293 g/mol.